The molecule has 0 unspecified atom stereocenters. The minimum Gasteiger partial charge on any atom is -0.397 e. The van der Waals surface area contributed by atoms with Crippen LogP contribution in [0, 0.1) is 6.92 Å². The van der Waals surface area contributed by atoms with Crippen LogP contribution in [-0.2, 0) is 0 Å². The Kier molecular flexibility index (Phi) is 5.18. The molecular weight excluding hydrogens is 324 g/mol. The SMILES string of the molecule is Cc1c(-c2ccc(C(=O)N(C)C)cc2)ccc(N2CCN(C)CC2)c1N. The van der Waals surface area contributed by atoms with Crippen LogP contribution in [0.3, 0.4) is 0 Å². The molecule has 1 amide bonds. The Hall–Kier alpha value is -2.53. The summed E-state index contributed by atoms with van der Waals surface area (Å²) in [5.74, 6) is 0.0122. The summed E-state index contributed by atoms with van der Waals surface area (Å²) in [7, 11) is 5.68. The number of amides is 1. The largest absolute Gasteiger partial charge is 0.397 e. The summed E-state index contributed by atoms with van der Waals surface area (Å²) >= 11 is 0. The van der Waals surface area contributed by atoms with E-state index in [2.05, 4.69) is 35.9 Å². The van der Waals surface area contributed by atoms with E-state index in [1.54, 1.807) is 19.0 Å². The number of nitrogens with zero attached hydrogens (tertiary/aromatic N) is 3. The molecule has 5 heteroatoms. The Morgan fingerprint density at radius 3 is 2.19 bits per heavy atom. The lowest BCUT2D eigenvalue weighted by Crippen LogP contribution is -2.44. The molecule has 1 fully saturated rings. The fourth-order valence-corrected chi connectivity index (χ4v) is 3.40. The molecular formula is C21H28N4O. The summed E-state index contributed by atoms with van der Waals surface area (Å²) in [6.45, 7) is 6.19. The van der Waals surface area contributed by atoms with Crippen molar-refractivity contribution in [2.24, 2.45) is 0 Å². The number of carbonyl (C=O) groups is 1. The van der Waals surface area contributed by atoms with E-state index in [1.165, 1.54) is 0 Å². The first kappa shape index (κ1) is 18.3. The zero-order chi connectivity index (χ0) is 18.8. The minimum atomic E-state index is 0.0122. The first-order chi connectivity index (χ1) is 12.4. The Morgan fingerprint density at radius 1 is 1.00 bits per heavy atom. The number of benzene rings is 2. The van der Waals surface area contributed by atoms with Gasteiger partial charge < -0.3 is 20.4 Å². The van der Waals surface area contributed by atoms with Crippen LogP contribution in [0.2, 0.25) is 0 Å². The number of nitrogens with two attached hydrogens (primary N) is 1. The van der Waals surface area contributed by atoms with Crippen molar-refractivity contribution in [1.82, 2.24) is 9.80 Å². The minimum absolute atomic E-state index is 0.0122. The van der Waals surface area contributed by atoms with E-state index in [4.69, 9.17) is 5.73 Å². The molecule has 1 saturated heterocycles. The predicted molar refractivity (Wildman–Crippen MR) is 109 cm³/mol. The second kappa shape index (κ2) is 7.38. The molecule has 5 nitrogen and oxygen atoms in total. The maximum Gasteiger partial charge on any atom is 0.253 e. The van der Waals surface area contributed by atoms with Crippen LogP contribution >= 0.6 is 0 Å². The van der Waals surface area contributed by atoms with Gasteiger partial charge in [0.2, 0.25) is 0 Å². The van der Waals surface area contributed by atoms with Crippen LogP contribution in [-0.4, -0.2) is 63.0 Å². The lowest BCUT2D eigenvalue weighted by Gasteiger charge is -2.35. The fraction of sp³-hybridized carbons (Fsp3) is 0.381. The van der Waals surface area contributed by atoms with Crippen molar-refractivity contribution < 1.29 is 4.79 Å². The van der Waals surface area contributed by atoms with Crippen molar-refractivity contribution >= 4 is 17.3 Å². The van der Waals surface area contributed by atoms with Crippen LogP contribution in [0.1, 0.15) is 15.9 Å². The molecule has 0 aliphatic carbocycles. The molecule has 1 heterocycles. The summed E-state index contributed by atoms with van der Waals surface area (Å²) in [5.41, 5.74) is 12.4. The van der Waals surface area contributed by atoms with Crippen LogP contribution < -0.4 is 10.6 Å². The molecule has 1 aliphatic heterocycles. The molecule has 0 bridgehead atoms. The maximum atomic E-state index is 12.1. The highest BCUT2D eigenvalue weighted by Gasteiger charge is 2.18. The average Bonchev–Trinajstić information content (AvgIpc) is 2.64. The second-order valence-corrected chi connectivity index (χ2v) is 7.24. The highest BCUT2D eigenvalue weighted by Crippen LogP contribution is 2.34. The number of piperazine rings is 1. The molecule has 0 spiro atoms. The highest BCUT2D eigenvalue weighted by molar-refractivity contribution is 5.94. The number of likely N-dealkylation sites (N-methyl/N-ethyl adjacent to an activating group) is 1. The molecule has 0 radical (unpaired) electrons. The van der Waals surface area contributed by atoms with E-state index in [-0.39, 0.29) is 5.91 Å². The lowest BCUT2D eigenvalue weighted by atomic mass is 9.97. The third kappa shape index (κ3) is 3.53. The summed E-state index contributed by atoms with van der Waals surface area (Å²) in [6, 6.07) is 12.0. The zero-order valence-corrected chi connectivity index (χ0v) is 16.1. The smallest absolute Gasteiger partial charge is 0.253 e. The van der Waals surface area contributed by atoms with E-state index in [1.807, 2.05) is 24.3 Å². The number of anilines is 2. The van der Waals surface area contributed by atoms with E-state index in [0.29, 0.717) is 5.56 Å². The topological polar surface area (TPSA) is 52.8 Å². The molecule has 2 N–H and O–H groups in total. The van der Waals surface area contributed by atoms with Crippen molar-refractivity contribution in [3.8, 4) is 11.1 Å². The molecule has 0 atom stereocenters. The molecule has 0 saturated carbocycles. The standard InChI is InChI=1S/C21H28N4O/c1-15-18(16-5-7-17(8-6-16)21(26)23(2)3)9-10-19(20(15)22)25-13-11-24(4)12-14-25/h5-10H,11-14,22H2,1-4H3. The molecule has 2 aromatic rings. The van der Waals surface area contributed by atoms with Gasteiger partial charge in [-0.05, 0) is 48.9 Å². The predicted octanol–water partition coefficient (Wildman–Crippen LogP) is 2.70. The summed E-state index contributed by atoms with van der Waals surface area (Å²) in [5, 5.41) is 0. The Balaban J connectivity index is 1.87. The van der Waals surface area contributed by atoms with E-state index >= 15 is 0 Å². The number of rotatable bonds is 3. The Morgan fingerprint density at radius 2 is 1.62 bits per heavy atom. The first-order valence-corrected chi connectivity index (χ1v) is 9.03. The Bertz CT molecular complexity index is 790. The number of hydrogen-bond donors (Lipinski definition) is 1. The van der Waals surface area contributed by atoms with E-state index in [0.717, 1.165) is 54.2 Å². The van der Waals surface area contributed by atoms with Crippen LogP contribution in [0.15, 0.2) is 36.4 Å². The number of hydrogen-bond acceptors (Lipinski definition) is 4. The van der Waals surface area contributed by atoms with Crippen molar-refractivity contribution in [3.63, 3.8) is 0 Å². The molecule has 2 aromatic carbocycles. The van der Waals surface area contributed by atoms with Gasteiger partial charge in [0.1, 0.15) is 0 Å². The number of carbonyl (C=O) groups excluding carboxylic acids is 1. The quantitative estimate of drug-likeness (QED) is 0.863. The average molecular weight is 352 g/mol. The van der Waals surface area contributed by atoms with Crippen LogP contribution in [0.5, 0.6) is 0 Å². The van der Waals surface area contributed by atoms with Gasteiger partial charge in [-0.15, -0.1) is 0 Å². The summed E-state index contributed by atoms with van der Waals surface area (Å²) in [6.07, 6.45) is 0. The van der Waals surface area contributed by atoms with Gasteiger partial charge in [-0.1, -0.05) is 18.2 Å². The molecule has 138 valence electrons. The van der Waals surface area contributed by atoms with Crippen molar-refractivity contribution in [2.45, 2.75) is 6.92 Å². The fourth-order valence-electron chi connectivity index (χ4n) is 3.40. The molecule has 1 aliphatic rings. The van der Waals surface area contributed by atoms with Gasteiger partial charge in [0, 0.05) is 45.8 Å². The third-order valence-corrected chi connectivity index (χ3v) is 5.18. The summed E-state index contributed by atoms with van der Waals surface area (Å²) < 4.78 is 0. The van der Waals surface area contributed by atoms with Gasteiger partial charge in [0.05, 0.1) is 11.4 Å². The lowest BCUT2D eigenvalue weighted by molar-refractivity contribution is 0.0827. The van der Waals surface area contributed by atoms with Gasteiger partial charge in [0.15, 0.2) is 0 Å². The van der Waals surface area contributed by atoms with E-state index < -0.39 is 0 Å². The van der Waals surface area contributed by atoms with Gasteiger partial charge in [0.25, 0.3) is 5.91 Å². The van der Waals surface area contributed by atoms with Crippen molar-refractivity contribution in [3.05, 3.63) is 47.5 Å². The van der Waals surface area contributed by atoms with Gasteiger partial charge in [-0.25, -0.2) is 0 Å². The first-order valence-electron chi connectivity index (χ1n) is 9.03. The second-order valence-electron chi connectivity index (χ2n) is 7.24. The monoisotopic (exact) mass is 352 g/mol. The number of nitrogen functional groups attached to an aromatic ring is 1. The normalized spacial score (nSPS) is 15.2. The van der Waals surface area contributed by atoms with Crippen molar-refractivity contribution in [2.75, 3.05) is 58.0 Å². The Labute approximate surface area is 156 Å². The maximum absolute atomic E-state index is 12.1. The van der Waals surface area contributed by atoms with Crippen LogP contribution in [0.25, 0.3) is 11.1 Å². The van der Waals surface area contributed by atoms with E-state index in [9.17, 15) is 4.79 Å². The van der Waals surface area contributed by atoms with Crippen LogP contribution in [0.4, 0.5) is 11.4 Å². The zero-order valence-electron chi connectivity index (χ0n) is 16.1. The highest BCUT2D eigenvalue weighted by atomic mass is 16.2. The van der Waals surface area contributed by atoms with Gasteiger partial charge in [-0.3, -0.25) is 4.79 Å². The van der Waals surface area contributed by atoms with Crippen molar-refractivity contribution in [1.29, 1.82) is 0 Å². The third-order valence-electron chi connectivity index (χ3n) is 5.18. The van der Waals surface area contributed by atoms with Gasteiger partial charge in [-0.2, -0.15) is 0 Å². The summed E-state index contributed by atoms with van der Waals surface area (Å²) in [4.78, 5) is 18.3. The molecule has 0 aromatic heterocycles. The van der Waals surface area contributed by atoms with Gasteiger partial charge >= 0.3 is 0 Å². The molecule has 3 rings (SSSR count). The molecule has 26 heavy (non-hydrogen) atoms.